The van der Waals surface area contributed by atoms with Crippen molar-refractivity contribution in [2.75, 3.05) is 16.4 Å². The number of nitrogens with zero attached hydrogens (tertiary/aromatic N) is 1. The van der Waals surface area contributed by atoms with Gasteiger partial charge in [-0.25, -0.2) is 0 Å². The van der Waals surface area contributed by atoms with Gasteiger partial charge in [-0.2, -0.15) is 0 Å². The van der Waals surface area contributed by atoms with Crippen molar-refractivity contribution in [2.24, 2.45) is 0 Å². The molecule has 1 aromatic heterocycles. The molecule has 3 rings (SSSR count). The number of carbonyl (C=O) groups excluding carboxylic acids is 1. The highest BCUT2D eigenvalue weighted by molar-refractivity contribution is 5.95. The van der Waals surface area contributed by atoms with E-state index in [9.17, 15) is 4.79 Å². The third-order valence-corrected chi connectivity index (χ3v) is 3.36. The van der Waals surface area contributed by atoms with Crippen molar-refractivity contribution in [1.29, 1.82) is 0 Å². The molecule has 0 saturated carbocycles. The third kappa shape index (κ3) is 2.56. The zero-order valence-corrected chi connectivity index (χ0v) is 11.0. The number of hydrogen-bond donors (Lipinski definition) is 3. The Morgan fingerprint density at radius 2 is 2.20 bits per heavy atom. The van der Waals surface area contributed by atoms with Crippen molar-refractivity contribution >= 4 is 23.0 Å². The Balaban J connectivity index is 1.79. The van der Waals surface area contributed by atoms with Gasteiger partial charge in [-0.15, -0.1) is 0 Å². The molecule has 0 atom stereocenters. The van der Waals surface area contributed by atoms with Crippen LogP contribution in [0.1, 0.15) is 17.7 Å². The largest absolute Gasteiger partial charge is 0.397 e. The highest BCUT2D eigenvalue weighted by Crippen LogP contribution is 2.31. The fraction of sp³-hybridized carbons (Fsp3) is 0.200. The summed E-state index contributed by atoms with van der Waals surface area (Å²) in [6, 6.07) is 9.62. The standard InChI is InChI=1S/C15H16N4O/c16-12-8-13-10(4-5-15(20)19-13)7-14(12)18-9-11-3-1-2-6-17-11/h1-3,6-8,18H,4-5,9,16H2,(H,19,20). The van der Waals surface area contributed by atoms with E-state index < -0.39 is 0 Å². The number of fused-ring (bicyclic) bond motifs is 1. The van der Waals surface area contributed by atoms with Crippen molar-refractivity contribution in [3.63, 3.8) is 0 Å². The van der Waals surface area contributed by atoms with Gasteiger partial charge in [-0.1, -0.05) is 6.07 Å². The molecule has 1 aliphatic rings. The van der Waals surface area contributed by atoms with Crippen LogP contribution in [0.2, 0.25) is 0 Å². The van der Waals surface area contributed by atoms with Gasteiger partial charge in [-0.05, 0) is 36.2 Å². The molecule has 102 valence electrons. The van der Waals surface area contributed by atoms with Crippen LogP contribution < -0.4 is 16.4 Å². The minimum absolute atomic E-state index is 0.0473. The van der Waals surface area contributed by atoms with Crippen LogP contribution in [0.25, 0.3) is 0 Å². The average molecular weight is 268 g/mol. The van der Waals surface area contributed by atoms with Crippen LogP contribution in [0.4, 0.5) is 17.1 Å². The number of nitrogens with one attached hydrogen (secondary N) is 2. The van der Waals surface area contributed by atoms with Crippen LogP contribution in [0.15, 0.2) is 36.5 Å². The predicted octanol–water partition coefficient (Wildman–Crippen LogP) is 2.16. The third-order valence-electron chi connectivity index (χ3n) is 3.36. The minimum Gasteiger partial charge on any atom is -0.397 e. The minimum atomic E-state index is 0.0473. The smallest absolute Gasteiger partial charge is 0.224 e. The molecule has 1 aromatic carbocycles. The number of carbonyl (C=O) groups is 1. The van der Waals surface area contributed by atoms with E-state index in [1.54, 1.807) is 6.20 Å². The molecule has 5 heteroatoms. The second kappa shape index (κ2) is 5.21. The molecule has 5 nitrogen and oxygen atoms in total. The number of pyridine rings is 1. The van der Waals surface area contributed by atoms with Gasteiger partial charge in [0.25, 0.3) is 0 Å². The summed E-state index contributed by atoms with van der Waals surface area (Å²) in [6.07, 6.45) is 3.04. The lowest BCUT2D eigenvalue weighted by atomic mass is 10.0. The lowest BCUT2D eigenvalue weighted by Crippen LogP contribution is -2.19. The number of aryl methyl sites for hydroxylation is 1. The van der Waals surface area contributed by atoms with Gasteiger partial charge in [0.05, 0.1) is 23.6 Å². The van der Waals surface area contributed by atoms with Gasteiger partial charge in [0.1, 0.15) is 0 Å². The summed E-state index contributed by atoms with van der Waals surface area (Å²) in [4.78, 5) is 15.6. The molecule has 4 N–H and O–H groups in total. The number of nitrogens with two attached hydrogens (primary N) is 1. The summed E-state index contributed by atoms with van der Waals surface area (Å²) in [5.74, 6) is 0.0473. The second-order valence-corrected chi connectivity index (χ2v) is 4.82. The first-order valence-electron chi connectivity index (χ1n) is 6.58. The normalized spacial score (nSPS) is 13.5. The molecule has 1 aliphatic heterocycles. The van der Waals surface area contributed by atoms with Crippen molar-refractivity contribution in [1.82, 2.24) is 4.98 Å². The number of aromatic nitrogens is 1. The number of anilines is 3. The van der Waals surface area contributed by atoms with Crippen LogP contribution in [0, 0.1) is 0 Å². The maximum atomic E-state index is 11.4. The van der Waals surface area contributed by atoms with E-state index in [1.165, 1.54) is 0 Å². The number of hydrogen-bond acceptors (Lipinski definition) is 4. The van der Waals surface area contributed by atoms with E-state index in [1.807, 2.05) is 30.3 Å². The van der Waals surface area contributed by atoms with Crippen LogP contribution >= 0.6 is 0 Å². The quantitative estimate of drug-likeness (QED) is 0.745. The number of amides is 1. The van der Waals surface area contributed by atoms with Gasteiger partial charge in [0.2, 0.25) is 5.91 Å². The molecule has 0 spiro atoms. The first-order valence-corrected chi connectivity index (χ1v) is 6.58. The first kappa shape index (κ1) is 12.5. The topological polar surface area (TPSA) is 80.0 Å². The number of benzene rings is 1. The monoisotopic (exact) mass is 268 g/mol. The summed E-state index contributed by atoms with van der Waals surface area (Å²) in [5.41, 5.74) is 10.4. The molecule has 0 unspecified atom stereocenters. The van der Waals surface area contributed by atoms with Crippen molar-refractivity contribution in [3.05, 3.63) is 47.8 Å². The number of rotatable bonds is 3. The maximum Gasteiger partial charge on any atom is 0.224 e. The van der Waals surface area contributed by atoms with Gasteiger partial charge in [-0.3, -0.25) is 9.78 Å². The molecular weight excluding hydrogens is 252 g/mol. The molecule has 2 heterocycles. The molecule has 0 fully saturated rings. The van der Waals surface area contributed by atoms with Crippen molar-refractivity contribution in [3.8, 4) is 0 Å². The summed E-state index contributed by atoms with van der Waals surface area (Å²) < 4.78 is 0. The SMILES string of the molecule is Nc1cc2c(cc1NCc1ccccn1)CCC(=O)N2. The first-order chi connectivity index (χ1) is 9.72. The zero-order chi connectivity index (χ0) is 13.9. The summed E-state index contributed by atoms with van der Waals surface area (Å²) in [5, 5.41) is 6.13. The van der Waals surface area contributed by atoms with Gasteiger partial charge < -0.3 is 16.4 Å². The maximum absolute atomic E-state index is 11.4. The zero-order valence-electron chi connectivity index (χ0n) is 11.0. The Bertz CT molecular complexity index is 640. The Morgan fingerprint density at radius 3 is 3.00 bits per heavy atom. The van der Waals surface area contributed by atoms with Gasteiger partial charge in [0.15, 0.2) is 0 Å². The van der Waals surface area contributed by atoms with Crippen molar-refractivity contribution in [2.45, 2.75) is 19.4 Å². The van der Waals surface area contributed by atoms with Gasteiger partial charge >= 0.3 is 0 Å². The molecule has 2 aromatic rings. The Kier molecular flexibility index (Phi) is 3.25. The lowest BCUT2D eigenvalue weighted by Gasteiger charge is -2.19. The number of nitrogen functional groups attached to an aromatic ring is 1. The Labute approximate surface area is 117 Å². The highest BCUT2D eigenvalue weighted by Gasteiger charge is 2.16. The van der Waals surface area contributed by atoms with Crippen LogP contribution in [0.5, 0.6) is 0 Å². The molecule has 1 amide bonds. The summed E-state index contributed by atoms with van der Waals surface area (Å²) in [7, 11) is 0. The molecule has 0 saturated heterocycles. The molecule has 0 radical (unpaired) electrons. The molecule has 0 aliphatic carbocycles. The van der Waals surface area contributed by atoms with Crippen LogP contribution in [-0.4, -0.2) is 10.9 Å². The van der Waals surface area contributed by atoms with E-state index in [-0.39, 0.29) is 5.91 Å². The fourth-order valence-electron chi connectivity index (χ4n) is 2.29. The van der Waals surface area contributed by atoms with E-state index in [0.717, 1.165) is 29.1 Å². The summed E-state index contributed by atoms with van der Waals surface area (Å²) in [6.45, 7) is 0.621. The Hall–Kier alpha value is -2.56. The lowest BCUT2D eigenvalue weighted by molar-refractivity contribution is -0.116. The summed E-state index contributed by atoms with van der Waals surface area (Å²) >= 11 is 0. The van der Waals surface area contributed by atoms with E-state index >= 15 is 0 Å². The van der Waals surface area contributed by atoms with Crippen LogP contribution in [0.3, 0.4) is 0 Å². The van der Waals surface area contributed by atoms with E-state index in [2.05, 4.69) is 15.6 Å². The van der Waals surface area contributed by atoms with E-state index in [0.29, 0.717) is 18.7 Å². The van der Waals surface area contributed by atoms with E-state index in [4.69, 9.17) is 5.73 Å². The second-order valence-electron chi connectivity index (χ2n) is 4.82. The fourth-order valence-corrected chi connectivity index (χ4v) is 2.29. The van der Waals surface area contributed by atoms with Gasteiger partial charge in [0, 0.05) is 18.3 Å². The predicted molar refractivity (Wildman–Crippen MR) is 79.4 cm³/mol. The highest BCUT2D eigenvalue weighted by atomic mass is 16.1. The molecule has 20 heavy (non-hydrogen) atoms. The molecular formula is C15H16N4O. The van der Waals surface area contributed by atoms with Crippen LogP contribution in [-0.2, 0) is 17.8 Å². The van der Waals surface area contributed by atoms with Crippen molar-refractivity contribution < 1.29 is 4.79 Å². The Morgan fingerprint density at radius 1 is 1.30 bits per heavy atom. The molecule has 0 bridgehead atoms. The average Bonchev–Trinajstić information content (AvgIpc) is 2.46.